The number of hydrogen-bond donors (Lipinski definition) is 1. The van der Waals surface area contributed by atoms with Crippen LogP contribution in [0.5, 0.6) is 0 Å². The molecule has 1 fully saturated rings. The van der Waals surface area contributed by atoms with Crippen molar-refractivity contribution in [2.24, 2.45) is 0 Å². The first-order chi connectivity index (χ1) is 8.27. The molecule has 0 unspecified atom stereocenters. The first kappa shape index (κ1) is 14.8. The Bertz CT molecular complexity index is 216. The smallest absolute Gasteiger partial charge is 0.236 e. The lowest BCUT2D eigenvalue weighted by Gasteiger charge is -2.26. The third kappa shape index (κ3) is 5.75. The number of carbonyl (C=O) groups excluding carboxylic acids is 1. The minimum Gasteiger partial charge on any atom is -0.342 e. The highest BCUT2D eigenvalue weighted by Gasteiger charge is 2.11. The van der Waals surface area contributed by atoms with E-state index in [-0.39, 0.29) is 5.91 Å². The third-order valence-electron chi connectivity index (χ3n) is 3.10. The van der Waals surface area contributed by atoms with Gasteiger partial charge in [0.05, 0.1) is 6.54 Å². The van der Waals surface area contributed by atoms with E-state index in [0.717, 1.165) is 26.2 Å². The van der Waals surface area contributed by atoms with Gasteiger partial charge in [0.2, 0.25) is 5.91 Å². The molecule has 0 saturated carbocycles. The Morgan fingerprint density at radius 1 is 1.29 bits per heavy atom. The van der Waals surface area contributed by atoms with E-state index in [4.69, 9.17) is 0 Å². The van der Waals surface area contributed by atoms with Gasteiger partial charge in [-0.05, 0) is 13.8 Å². The molecule has 1 amide bonds. The van der Waals surface area contributed by atoms with Gasteiger partial charge < -0.3 is 15.1 Å². The van der Waals surface area contributed by atoms with Crippen molar-refractivity contribution in [3.63, 3.8) is 0 Å². The van der Waals surface area contributed by atoms with Crippen molar-refractivity contribution >= 4 is 17.7 Å². The highest BCUT2D eigenvalue weighted by Crippen LogP contribution is 2.07. The molecule has 0 aromatic rings. The lowest BCUT2D eigenvalue weighted by atomic mass is 10.4. The fraction of sp³-hybridized carbons (Fsp3) is 0.917. The van der Waals surface area contributed by atoms with E-state index >= 15 is 0 Å². The zero-order chi connectivity index (χ0) is 12.5. The largest absolute Gasteiger partial charge is 0.342 e. The molecule has 1 aliphatic rings. The molecule has 100 valence electrons. The first-order valence-corrected chi connectivity index (χ1v) is 7.72. The topological polar surface area (TPSA) is 35.6 Å². The van der Waals surface area contributed by atoms with E-state index in [1.54, 1.807) is 0 Å². The molecule has 0 aromatic heterocycles. The van der Waals surface area contributed by atoms with Gasteiger partial charge in [-0.25, -0.2) is 0 Å². The third-order valence-corrected chi connectivity index (χ3v) is 4.04. The minimum atomic E-state index is 0.212. The zero-order valence-corrected chi connectivity index (χ0v) is 11.9. The van der Waals surface area contributed by atoms with E-state index in [2.05, 4.69) is 10.2 Å². The van der Waals surface area contributed by atoms with Crippen LogP contribution in [-0.2, 0) is 4.79 Å². The second-order valence-electron chi connectivity index (χ2n) is 4.20. The normalized spacial score (nSPS) is 17.1. The van der Waals surface area contributed by atoms with Crippen LogP contribution in [0.4, 0.5) is 0 Å². The molecule has 0 radical (unpaired) electrons. The number of rotatable bonds is 7. The molecule has 5 heteroatoms. The minimum absolute atomic E-state index is 0.212. The van der Waals surface area contributed by atoms with Crippen LogP contribution in [0.3, 0.4) is 0 Å². The fourth-order valence-electron chi connectivity index (χ4n) is 1.95. The van der Waals surface area contributed by atoms with Crippen LogP contribution in [0.25, 0.3) is 0 Å². The molecule has 4 nitrogen and oxygen atoms in total. The molecule has 1 N–H and O–H groups in total. The SMILES string of the molecule is CCN(CC)C(=O)CNCCN1CCSCC1. The molecular weight excluding hydrogens is 234 g/mol. The molecule has 0 bridgehead atoms. The molecule has 0 aromatic carbocycles. The van der Waals surface area contributed by atoms with E-state index < -0.39 is 0 Å². The molecule has 1 saturated heterocycles. The summed E-state index contributed by atoms with van der Waals surface area (Å²) in [6, 6.07) is 0. The van der Waals surface area contributed by atoms with Crippen LogP contribution in [0.1, 0.15) is 13.8 Å². The summed E-state index contributed by atoms with van der Waals surface area (Å²) in [5, 5.41) is 3.24. The molecule has 0 atom stereocenters. The van der Waals surface area contributed by atoms with Crippen molar-refractivity contribution in [1.82, 2.24) is 15.1 Å². The summed E-state index contributed by atoms with van der Waals surface area (Å²) < 4.78 is 0. The molecule has 1 rings (SSSR count). The summed E-state index contributed by atoms with van der Waals surface area (Å²) in [5.41, 5.74) is 0. The Hall–Kier alpha value is -0.260. The number of nitrogens with zero attached hydrogens (tertiary/aromatic N) is 2. The fourth-order valence-corrected chi connectivity index (χ4v) is 2.92. The number of hydrogen-bond acceptors (Lipinski definition) is 4. The van der Waals surface area contributed by atoms with Gasteiger partial charge in [0.15, 0.2) is 0 Å². The maximum Gasteiger partial charge on any atom is 0.236 e. The van der Waals surface area contributed by atoms with Crippen molar-refractivity contribution < 1.29 is 4.79 Å². The van der Waals surface area contributed by atoms with Crippen molar-refractivity contribution in [3.05, 3.63) is 0 Å². The molecule has 0 spiro atoms. The monoisotopic (exact) mass is 259 g/mol. The van der Waals surface area contributed by atoms with Gasteiger partial charge in [0.25, 0.3) is 0 Å². The molecule has 1 heterocycles. The number of thioether (sulfide) groups is 1. The van der Waals surface area contributed by atoms with Gasteiger partial charge in [-0.3, -0.25) is 4.79 Å². The maximum absolute atomic E-state index is 11.7. The van der Waals surface area contributed by atoms with Gasteiger partial charge in [-0.1, -0.05) is 0 Å². The summed E-state index contributed by atoms with van der Waals surface area (Å²) in [6.07, 6.45) is 0. The number of amides is 1. The second-order valence-corrected chi connectivity index (χ2v) is 5.42. The average Bonchev–Trinajstić information content (AvgIpc) is 2.37. The quantitative estimate of drug-likeness (QED) is 0.675. The molecule has 17 heavy (non-hydrogen) atoms. The van der Waals surface area contributed by atoms with Crippen LogP contribution < -0.4 is 5.32 Å². The van der Waals surface area contributed by atoms with E-state index in [9.17, 15) is 4.79 Å². The Balaban J connectivity index is 2.04. The lowest BCUT2D eigenvalue weighted by Crippen LogP contribution is -2.42. The van der Waals surface area contributed by atoms with Crippen LogP contribution in [0.2, 0.25) is 0 Å². The predicted molar refractivity (Wildman–Crippen MR) is 74.6 cm³/mol. The van der Waals surface area contributed by atoms with E-state index in [1.165, 1.54) is 24.6 Å². The van der Waals surface area contributed by atoms with Crippen LogP contribution in [0, 0.1) is 0 Å². The van der Waals surface area contributed by atoms with Gasteiger partial charge in [0, 0.05) is 50.8 Å². The van der Waals surface area contributed by atoms with E-state index in [0.29, 0.717) is 6.54 Å². The summed E-state index contributed by atoms with van der Waals surface area (Å²) in [7, 11) is 0. The Morgan fingerprint density at radius 2 is 1.94 bits per heavy atom. The molecule has 1 aliphatic heterocycles. The standard InChI is InChI=1S/C12H25N3OS/c1-3-15(4-2)12(16)11-13-5-6-14-7-9-17-10-8-14/h13H,3-11H2,1-2H3. The van der Waals surface area contributed by atoms with E-state index in [1.807, 2.05) is 30.5 Å². The molecular formula is C12H25N3OS. The summed E-state index contributed by atoms with van der Waals surface area (Å²) in [4.78, 5) is 16.0. The van der Waals surface area contributed by atoms with Crippen molar-refractivity contribution in [2.45, 2.75) is 13.8 Å². The summed E-state index contributed by atoms with van der Waals surface area (Å²) >= 11 is 2.03. The summed E-state index contributed by atoms with van der Waals surface area (Å²) in [6.45, 7) is 10.5. The number of carbonyl (C=O) groups is 1. The average molecular weight is 259 g/mol. The van der Waals surface area contributed by atoms with Crippen molar-refractivity contribution in [2.75, 3.05) is 57.3 Å². The number of likely N-dealkylation sites (N-methyl/N-ethyl adjacent to an activating group) is 1. The number of nitrogens with one attached hydrogen (secondary N) is 1. The van der Waals surface area contributed by atoms with Crippen LogP contribution >= 0.6 is 11.8 Å². The van der Waals surface area contributed by atoms with Gasteiger partial charge in [-0.2, -0.15) is 11.8 Å². The Morgan fingerprint density at radius 3 is 2.53 bits per heavy atom. The van der Waals surface area contributed by atoms with Gasteiger partial charge in [-0.15, -0.1) is 0 Å². The first-order valence-electron chi connectivity index (χ1n) is 6.56. The zero-order valence-electron chi connectivity index (χ0n) is 11.1. The highest BCUT2D eigenvalue weighted by molar-refractivity contribution is 7.99. The maximum atomic E-state index is 11.7. The van der Waals surface area contributed by atoms with Crippen molar-refractivity contribution in [3.8, 4) is 0 Å². The van der Waals surface area contributed by atoms with Crippen LogP contribution in [0.15, 0.2) is 0 Å². The highest BCUT2D eigenvalue weighted by atomic mass is 32.2. The van der Waals surface area contributed by atoms with Crippen molar-refractivity contribution in [1.29, 1.82) is 0 Å². The molecule has 0 aliphatic carbocycles. The second kappa shape index (κ2) is 8.78. The summed E-state index contributed by atoms with van der Waals surface area (Å²) in [5.74, 6) is 2.71. The van der Waals surface area contributed by atoms with Crippen LogP contribution in [-0.4, -0.2) is 73.0 Å². The Kier molecular flexibility index (Phi) is 7.64. The van der Waals surface area contributed by atoms with Gasteiger partial charge >= 0.3 is 0 Å². The predicted octanol–water partition coefficient (Wildman–Crippen LogP) is 0.493. The Labute approximate surface area is 109 Å². The lowest BCUT2D eigenvalue weighted by molar-refractivity contribution is -0.129. The van der Waals surface area contributed by atoms with Gasteiger partial charge in [0.1, 0.15) is 0 Å².